The van der Waals surface area contributed by atoms with Crippen LogP contribution in [0.5, 0.6) is 0 Å². The first-order chi connectivity index (χ1) is 9.11. The minimum atomic E-state index is 0.421. The highest BCUT2D eigenvalue weighted by atomic mass is 35.5. The quantitative estimate of drug-likeness (QED) is 0.873. The standard InChI is InChI=1S/C16H20ClNO/c1-4-18-11(2)10-13-8-9-16(19-13)14-6-5-7-15(17)12(14)3/h5-9,11,18H,4,10H2,1-3H3. The van der Waals surface area contributed by atoms with Gasteiger partial charge in [0, 0.05) is 23.0 Å². The van der Waals surface area contributed by atoms with Gasteiger partial charge in [0.1, 0.15) is 11.5 Å². The van der Waals surface area contributed by atoms with Gasteiger partial charge in [0.25, 0.3) is 0 Å². The molecule has 1 aromatic heterocycles. The summed E-state index contributed by atoms with van der Waals surface area (Å²) in [6.45, 7) is 7.26. The summed E-state index contributed by atoms with van der Waals surface area (Å²) in [5.74, 6) is 1.89. The number of likely N-dealkylation sites (N-methyl/N-ethyl adjacent to an activating group) is 1. The van der Waals surface area contributed by atoms with Crippen LogP contribution in [0.15, 0.2) is 34.7 Å². The van der Waals surface area contributed by atoms with Gasteiger partial charge in [-0.25, -0.2) is 0 Å². The molecule has 19 heavy (non-hydrogen) atoms. The molecule has 2 aromatic rings. The maximum atomic E-state index is 6.14. The maximum absolute atomic E-state index is 6.14. The summed E-state index contributed by atoms with van der Waals surface area (Å²) in [4.78, 5) is 0. The van der Waals surface area contributed by atoms with E-state index in [2.05, 4.69) is 19.2 Å². The van der Waals surface area contributed by atoms with Crippen LogP contribution in [0.3, 0.4) is 0 Å². The fourth-order valence-corrected chi connectivity index (χ4v) is 2.40. The van der Waals surface area contributed by atoms with Gasteiger partial charge in [-0.15, -0.1) is 0 Å². The first-order valence-corrected chi connectivity index (χ1v) is 7.07. The van der Waals surface area contributed by atoms with E-state index in [4.69, 9.17) is 16.0 Å². The highest BCUT2D eigenvalue weighted by Gasteiger charge is 2.11. The number of benzene rings is 1. The average molecular weight is 278 g/mol. The fraction of sp³-hybridized carbons (Fsp3) is 0.375. The minimum Gasteiger partial charge on any atom is -0.461 e. The Morgan fingerprint density at radius 1 is 1.26 bits per heavy atom. The molecule has 1 aromatic carbocycles. The Bertz CT molecular complexity index is 547. The summed E-state index contributed by atoms with van der Waals surface area (Å²) in [5, 5.41) is 4.16. The van der Waals surface area contributed by atoms with Gasteiger partial charge in [-0.05, 0) is 44.2 Å². The van der Waals surface area contributed by atoms with E-state index in [1.807, 2.05) is 37.3 Å². The molecule has 3 heteroatoms. The van der Waals surface area contributed by atoms with Gasteiger partial charge in [-0.3, -0.25) is 0 Å². The van der Waals surface area contributed by atoms with Crippen molar-refractivity contribution in [2.45, 2.75) is 33.2 Å². The van der Waals surface area contributed by atoms with Gasteiger partial charge in [0.15, 0.2) is 0 Å². The van der Waals surface area contributed by atoms with Crippen LogP contribution in [0.25, 0.3) is 11.3 Å². The first kappa shape index (κ1) is 14.2. The van der Waals surface area contributed by atoms with Crippen molar-refractivity contribution in [3.8, 4) is 11.3 Å². The molecular weight excluding hydrogens is 258 g/mol. The Morgan fingerprint density at radius 2 is 2.05 bits per heavy atom. The van der Waals surface area contributed by atoms with Crippen LogP contribution in [0.4, 0.5) is 0 Å². The van der Waals surface area contributed by atoms with Crippen LogP contribution in [0.2, 0.25) is 5.02 Å². The summed E-state index contributed by atoms with van der Waals surface area (Å²) < 4.78 is 5.92. The van der Waals surface area contributed by atoms with E-state index < -0.39 is 0 Å². The lowest BCUT2D eigenvalue weighted by molar-refractivity contribution is 0.470. The number of furan rings is 1. The highest BCUT2D eigenvalue weighted by Crippen LogP contribution is 2.29. The van der Waals surface area contributed by atoms with Gasteiger partial charge in [-0.1, -0.05) is 30.7 Å². The monoisotopic (exact) mass is 277 g/mol. The SMILES string of the molecule is CCNC(C)Cc1ccc(-c2cccc(Cl)c2C)o1. The van der Waals surface area contributed by atoms with Gasteiger partial charge >= 0.3 is 0 Å². The molecule has 2 nitrogen and oxygen atoms in total. The Kier molecular flexibility index (Phi) is 4.67. The topological polar surface area (TPSA) is 25.2 Å². The van der Waals surface area contributed by atoms with Crippen LogP contribution in [-0.4, -0.2) is 12.6 Å². The molecule has 0 fully saturated rings. The van der Waals surface area contributed by atoms with E-state index in [1.165, 1.54) is 0 Å². The van der Waals surface area contributed by atoms with E-state index >= 15 is 0 Å². The number of hydrogen-bond acceptors (Lipinski definition) is 2. The van der Waals surface area contributed by atoms with E-state index in [0.717, 1.165) is 40.6 Å². The molecule has 102 valence electrons. The third-order valence-corrected chi connectivity index (χ3v) is 3.66. The fourth-order valence-electron chi connectivity index (χ4n) is 2.23. The van der Waals surface area contributed by atoms with Crippen molar-refractivity contribution in [2.24, 2.45) is 0 Å². The summed E-state index contributed by atoms with van der Waals surface area (Å²) in [7, 11) is 0. The van der Waals surface area contributed by atoms with Gasteiger partial charge < -0.3 is 9.73 Å². The number of halogens is 1. The summed E-state index contributed by atoms with van der Waals surface area (Å²) >= 11 is 6.14. The Hall–Kier alpha value is -1.25. The second kappa shape index (κ2) is 6.27. The highest BCUT2D eigenvalue weighted by molar-refractivity contribution is 6.31. The summed E-state index contributed by atoms with van der Waals surface area (Å²) in [6.07, 6.45) is 0.896. The Labute approximate surface area is 119 Å². The summed E-state index contributed by atoms with van der Waals surface area (Å²) in [5.41, 5.74) is 2.12. The van der Waals surface area contributed by atoms with Crippen molar-refractivity contribution in [3.63, 3.8) is 0 Å². The second-order valence-electron chi connectivity index (χ2n) is 4.84. The van der Waals surface area contributed by atoms with Crippen LogP contribution < -0.4 is 5.32 Å². The largest absolute Gasteiger partial charge is 0.461 e. The van der Waals surface area contributed by atoms with Crippen molar-refractivity contribution in [1.82, 2.24) is 5.32 Å². The molecule has 0 radical (unpaired) electrons. The zero-order valence-corrected chi connectivity index (χ0v) is 12.4. The molecule has 0 amide bonds. The maximum Gasteiger partial charge on any atom is 0.134 e. The second-order valence-corrected chi connectivity index (χ2v) is 5.25. The normalized spacial score (nSPS) is 12.6. The van der Waals surface area contributed by atoms with Crippen molar-refractivity contribution in [1.29, 1.82) is 0 Å². The zero-order valence-electron chi connectivity index (χ0n) is 11.7. The Morgan fingerprint density at radius 3 is 2.79 bits per heavy atom. The first-order valence-electron chi connectivity index (χ1n) is 6.69. The Balaban J connectivity index is 2.19. The lowest BCUT2D eigenvalue weighted by Crippen LogP contribution is -2.27. The van der Waals surface area contributed by atoms with E-state index in [1.54, 1.807) is 0 Å². The molecule has 1 unspecified atom stereocenters. The van der Waals surface area contributed by atoms with Crippen molar-refractivity contribution in [2.75, 3.05) is 6.54 Å². The number of hydrogen-bond donors (Lipinski definition) is 1. The van der Waals surface area contributed by atoms with Crippen molar-refractivity contribution >= 4 is 11.6 Å². The van der Waals surface area contributed by atoms with E-state index in [0.29, 0.717) is 6.04 Å². The van der Waals surface area contributed by atoms with Crippen LogP contribution >= 0.6 is 11.6 Å². The third-order valence-electron chi connectivity index (χ3n) is 3.25. The van der Waals surface area contributed by atoms with Crippen LogP contribution in [-0.2, 0) is 6.42 Å². The molecular formula is C16H20ClNO. The van der Waals surface area contributed by atoms with Crippen LogP contribution in [0.1, 0.15) is 25.2 Å². The molecule has 0 bridgehead atoms. The van der Waals surface area contributed by atoms with Crippen molar-refractivity contribution in [3.05, 3.63) is 46.7 Å². The molecule has 1 atom stereocenters. The van der Waals surface area contributed by atoms with Gasteiger partial charge in [-0.2, -0.15) is 0 Å². The summed E-state index contributed by atoms with van der Waals surface area (Å²) in [6, 6.07) is 10.4. The van der Waals surface area contributed by atoms with E-state index in [9.17, 15) is 0 Å². The van der Waals surface area contributed by atoms with Crippen molar-refractivity contribution < 1.29 is 4.42 Å². The predicted octanol–water partition coefficient (Wildman–Crippen LogP) is 4.45. The molecule has 1 heterocycles. The molecule has 2 rings (SSSR count). The molecule has 0 aliphatic heterocycles. The molecule has 1 N–H and O–H groups in total. The lowest BCUT2D eigenvalue weighted by atomic mass is 10.1. The predicted molar refractivity (Wildman–Crippen MR) is 80.7 cm³/mol. The molecule has 0 spiro atoms. The average Bonchev–Trinajstić information content (AvgIpc) is 2.81. The molecule has 0 aliphatic rings. The molecule has 0 saturated carbocycles. The minimum absolute atomic E-state index is 0.421. The number of rotatable bonds is 5. The molecule has 0 aliphatic carbocycles. The third kappa shape index (κ3) is 3.40. The zero-order chi connectivity index (χ0) is 13.8. The van der Waals surface area contributed by atoms with E-state index in [-0.39, 0.29) is 0 Å². The van der Waals surface area contributed by atoms with Crippen LogP contribution in [0, 0.1) is 6.92 Å². The number of nitrogens with one attached hydrogen (secondary N) is 1. The van der Waals surface area contributed by atoms with Gasteiger partial charge in [0.2, 0.25) is 0 Å². The smallest absolute Gasteiger partial charge is 0.134 e. The lowest BCUT2D eigenvalue weighted by Gasteiger charge is -2.10. The molecule has 0 saturated heterocycles. The van der Waals surface area contributed by atoms with Gasteiger partial charge in [0.05, 0.1) is 0 Å².